The highest BCUT2D eigenvalue weighted by Crippen LogP contribution is 2.26. The average molecular weight is 292 g/mol. The van der Waals surface area contributed by atoms with E-state index in [9.17, 15) is 0 Å². The van der Waals surface area contributed by atoms with Crippen molar-refractivity contribution in [3.8, 4) is 0 Å². The fraction of sp³-hybridized carbons (Fsp3) is 0.533. The van der Waals surface area contributed by atoms with E-state index in [4.69, 9.17) is 4.74 Å². The van der Waals surface area contributed by atoms with Crippen molar-refractivity contribution in [1.82, 2.24) is 4.37 Å². The van der Waals surface area contributed by atoms with Crippen LogP contribution in [-0.4, -0.2) is 42.8 Å². The van der Waals surface area contributed by atoms with E-state index in [1.807, 2.05) is 0 Å². The summed E-state index contributed by atoms with van der Waals surface area (Å²) in [6, 6.07) is 8.39. The molecule has 0 unspecified atom stereocenters. The van der Waals surface area contributed by atoms with Crippen molar-refractivity contribution in [2.45, 2.75) is 19.4 Å². The Balaban J connectivity index is 1.69. The second kappa shape index (κ2) is 5.68. The molecule has 20 heavy (non-hydrogen) atoms. The molecule has 2 aromatic rings. The highest BCUT2D eigenvalue weighted by Gasteiger charge is 2.32. The number of hydrogen-bond donors (Lipinski definition) is 2. The molecule has 0 saturated carbocycles. The van der Waals surface area contributed by atoms with Gasteiger partial charge in [0, 0.05) is 5.39 Å². The first-order chi connectivity index (χ1) is 9.67. The van der Waals surface area contributed by atoms with Crippen LogP contribution in [0.5, 0.6) is 0 Å². The zero-order valence-electron chi connectivity index (χ0n) is 12.1. The van der Waals surface area contributed by atoms with Crippen LogP contribution in [-0.2, 0) is 4.74 Å². The average Bonchev–Trinajstić information content (AvgIpc) is 2.89. The molecule has 0 radical (unpaired) electrons. The standard InChI is InChI=1S/C15H21N3OS/c1-15(2,18-7-9-19-10-8-18)11-16-14-12-5-3-4-6-13(12)20-17-14/h3-6H,7-11H2,1-2H3,(H,16,17)/p+1. The molecule has 0 amide bonds. The molecule has 1 fully saturated rings. The Morgan fingerprint density at radius 3 is 2.85 bits per heavy atom. The molecule has 1 aromatic heterocycles. The third-order valence-electron chi connectivity index (χ3n) is 4.13. The quantitative estimate of drug-likeness (QED) is 0.895. The molecular formula is C15H22N3OS+. The normalized spacial score (nSPS) is 17.5. The largest absolute Gasteiger partial charge is 0.370 e. The lowest BCUT2D eigenvalue weighted by molar-refractivity contribution is -0.953. The summed E-state index contributed by atoms with van der Waals surface area (Å²) < 4.78 is 11.2. The highest BCUT2D eigenvalue weighted by molar-refractivity contribution is 7.13. The van der Waals surface area contributed by atoms with E-state index < -0.39 is 0 Å². The van der Waals surface area contributed by atoms with Crippen LogP contribution in [0.1, 0.15) is 13.8 Å². The summed E-state index contributed by atoms with van der Waals surface area (Å²) in [5.74, 6) is 1.02. The maximum Gasteiger partial charge on any atom is 0.147 e. The maximum atomic E-state index is 5.45. The Labute approximate surface area is 123 Å². The molecule has 4 nitrogen and oxygen atoms in total. The van der Waals surface area contributed by atoms with Crippen LogP contribution in [0.4, 0.5) is 5.82 Å². The first-order valence-corrected chi connectivity index (χ1v) is 7.95. The van der Waals surface area contributed by atoms with Gasteiger partial charge in [-0.15, -0.1) is 0 Å². The van der Waals surface area contributed by atoms with Gasteiger partial charge in [-0.05, 0) is 37.5 Å². The van der Waals surface area contributed by atoms with Crippen molar-refractivity contribution in [2.75, 3.05) is 38.2 Å². The van der Waals surface area contributed by atoms with Crippen LogP contribution >= 0.6 is 11.5 Å². The second-order valence-corrected chi connectivity index (χ2v) is 6.79. The minimum Gasteiger partial charge on any atom is -0.370 e. The zero-order chi connectivity index (χ0) is 14.0. The van der Waals surface area contributed by atoms with E-state index in [2.05, 4.69) is 47.8 Å². The van der Waals surface area contributed by atoms with Gasteiger partial charge < -0.3 is 15.0 Å². The van der Waals surface area contributed by atoms with Gasteiger partial charge in [-0.2, -0.15) is 4.37 Å². The van der Waals surface area contributed by atoms with Gasteiger partial charge in [-0.3, -0.25) is 0 Å². The first kappa shape index (κ1) is 13.8. The Kier molecular flexibility index (Phi) is 3.92. The summed E-state index contributed by atoms with van der Waals surface area (Å²) in [4.78, 5) is 1.61. The fourth-order valence-electron chi connectivity index (χ4n) is 2.74. The summed E-state index contributed by atoms with van der Waals surface area (Å²) in [5.41, 5.74) is 0.189. The fourth-order valence-corrected chi connectivity index (χ4v) is 3.49. The van der Waals surface area contributed by atoms with Gasteiger partial charge in [0.1, 0.15) is 24.4 Å². The second-order valence-electron chi connectivity index (χ2n) is 5.98. The first-order valence-electron chi connectivity index (χ1n) is 7.18. The smallest absolute Gasteiger partial charge is 0.147 e. The minimum absolute atomic E-state index is 0.189. The van der Waals surface area contributed by atoms with E-state index >= 15 is 0 Å². The molecule has 1 aliphatic rings. The van der Waals surface area contributed by atoms with Gasteiger partial charge >= 0.3 is 0 Å². The molecule has 1 aliphatic heterocycles. The van der Waals surface area contributed by atoms with Crippen LogP contribution in [0.3, 0.4) is 0 Å². The van der Waals surface area contributed by atoms with Crippen LogP contribution < -0.4 is 10.2 Å². The Morgan fingerprint density at radius 1 is 1.30 bits per heavy atom. The number of benzene rings is 1. The molecular weight excluding hydrogens is 270 g/mol. The van der Waals surface area contributed by atoms with E-state index in [-0.39, 0.29) is 5.54 Å². The molecule has 0 spiro atoms. The van der Waals surface area contributed by atoms with Gasteiger partial charge in [0.2, 0.25) is 0 Å². The molecule has 1 saturated heterocycles. The van der Waals surface area contributed by atoms with Crippen molar-refractivity contribution in [2.24, 2.45) is 0 Å². The lowest BCUT2D eigenvalue weighted by Gasteiger charge is -2.37. The minimum atomic E-state index is 0.189. The number of rotatable bonds is 4. The molecule has 5 heteroatoms. The van der Waals surface area contributed by atoms with Crippen molar-refractivity contribution in [3.05, 3.63) is 24.3 Å². The topological polar surface area (TPSA) is 38.6 Å². The summed E-state index contributed by atoms with van der Waals surface area (Å²) >= 11 is 1.56. The van der Waals surface area contributed by atoms with Crippen LogP contribution in [0, 0.1) is 0 Å². The van der Waals surface area contributed by atoms with Crippen molar-refractivity contribution >= 4 is 27.4 Å². The predicted octanol–water partition coefficient (Wildman–Crippen LogP) is 1.40. The van der Waals surface area contributed by atoms with E-state index in [1.54, 1.807) is 16.4 Å². The Hall–Kier alpha value is -1.17. The number of aromatic nitrogens is 1. The SMILES string of the molecule is CC(C)(CNc1nsc2ccccc12)[NH+]1CCOCC1. The molecule has 108 valence electrons. The monoisotopic (exact) mass is 292 g/mol. The van der Waals surface area contributed by atoms with Crippen molar-refractivity contribution in [1.29, 1.82) is 0 Å². The number of anilines is 1. The number of hydrogen-bond acceptors (Lipinski definition) is 4. The maximum absolute atomic E-state index is 5.45. The Morgan fingerprint density at radius 2 is 2.05 bits per heavy atom. The predicted molar refractivity (Wildman–Crippen MR) is 83.7 cm³/mol. The number of nitrogens with one attached hydrogen (secondary N) is 2. The van der Waals surface area contributed by atoms with Gasteiger partial charge in [0.15, 0.2) is 0 Å². The zero-order valence-corrected chi connectivity index (χ0v) is 12.9. The van der Waals surface area contributed by atoms with Crippen LogP contribution in [0.2, 0.25) is 0 Å². The van der Waals surface area contributed by atoms with E-state index in [0.717, 1.165) is 38.7 Å². The van der Waals surface area contributed by atoms with Gasteiger partial charge in [-0.25, -0.2) is 0 Å². The van der Waals surface area contributed by atoms with Crippen LogP contribution in [0.15, 0.2) is 24.3 Å². The van der Waals surface area contributed by atoms with Crippen molar-refractivity contribution in [3.63, 3.8) is 0 Å². The third kappa shape index (κ3) is 2.80. The molecule has 0 aliphatic carbocycles. The van der Waals surface area contributed by atoms with Gasteiger partial charge in [0.25, 0.3) is 0 Å². The molecule has 2 N–H and O–H groups in total. The summed E-state index contributed by atoms with van der Waals surface area (Å²) in [6.45, 7) is 9.48. The number of nitrogens with zero attached hydrogens (tertiary/aromatic N) is 1. The molecule has 3 rings (SSSR count). The highest BCUT2D eigenvalue weighted by atomic mass is 32.1. The molecule has 1 aromatic carbocycles. The summed E-state index contributed by atoms with van der Waals surface area (Å²) in [7, 11) is 0. The van der Waals surface area contributed by atoms with E-state index in [0.29, 0.717) is 0 Å². The van der Waals surface area contributed by atoms with E-state index in [1.165, 1.54) is 10.1 Å². The molecule has 0 bridgehead atoms. The number of morpholine rings is 1. The van der Waals surface area contributed by atoms with Gasteiger partial charge in [0.05, 0.1) is 24.5 Å². The summed E-state index contributed by atoms with van der Waals surface area (Å²) in [6.07, 6.45) is 0. The van der Waals surface area contributed by atoms with Crippen molar-refractivity contribution < 1.29 is 9.64 Å². The summed E-state index contributed by atoms with van der Waals surface area (Å²) in [5, 5.41) is 4.77. The van der Waals surface area contributed by atoms with Crippen LogP contribution in [0.25, 0.3) is 10.1 Å². The number of ether oxygens (including phenoxy) is 1. The third-order valence-corrected chi connectivity index (χ3v) is 4.96. The number of quaternary nitrogens is 1. The Bertz CT molecular complexity index is 575. The lowest BCUT2D eigenvalue weighted by atomic mass is 10.0. The number of fused-ring (bicyclic) bond motifs is 1. The molecule has 0 atom stereocenters. The van der Waals surface area contributed by atoms with Gasteiger partial charge in [-0.1, -0.05) is 12.1 Å². The lowest BCUT2D eigenvalue weighted by Crippen LogP contribution is -3.21. The molecule has 2 heterocycles.